The molecule has 0 unspecified atom stereocenters. The van der Waals surface area contributed by atoms with Crippen LogP contribution in [0.25, 0.3) is 0 Å². The molecule has 16 heavy (non-hydrogen) atoms. The van der Waals surface area contributed by atoms with E-state index in [1.807, 2.05) is 12.3 Å². The molecule has 1 rings (SSSR count). The molecule has 0 fully saturated rings. The Morgan fingerprint density at radius 2 is 2.19 bits per heavy atom. The molecule has 0 saturated heterocycles. The van der Waals surface area contributed by atoms with E-state index in [0.29, 0.717) is 0 Å². The van der Waals surface area contributed by atoms with Crippen LogP contribution in [0.5, 0.6) is 0 Å². The summed E-state index contributed by atoms with van der Waals surface area (Å²) in [6, 6.07) is 4.06. The lowest BCUT2D eigenvalue weighted by Gasteiger charge is -2.28. The Kier molecular flexibility index (Phi) is 4.90. The first-order valence-corrected chi connectivity index (χ1v) is 5.72. The molecule has 3 nitrogen and oxygen atoms in total. The van der Waals surface area contributed by atoms with Gasteiger partial charge in [0.25, 0.3) is 0 Å². The SMILES string of the molecule is CN(CCc1cccnc1)CC(C)(C)CO. The van der Waals surface area contributed by atoms with E-state index in [-0.39, 0.29) is 12.0 Å². The summed E-state index contributed by atoms with van der Waals surface area (Å²) in [4.78, 5) is 6.35. The van der Waals surface area contributed by atoms with E-state index < -0.39 is 0 Å². The Hall–Kier alpha value is -0.930. The molecule has 0 atom stereocenters. The zero-order valence-corrected chi connectivity index (χ0v) is 10.5. The van der Waals surface area contributed by atoms with Gasteiger partial charge in [0.05, 0.1) is 0 Å². The highest BCUT2D eigenvalue weighted by atomic mass is 16.3. The summed E-state index contributed by atoms with van der Waals surface area (Å²) in [5, 5.41) is 9.19. The molecular weight excluding hydrogens is 200 g/mol. The summed E-state index contributed by atoms with van der Waals surface area (Å²) < 4.78 is 0. The summed E-state index contributed by atoms with van der Waals surface area (Å²) in [6.07, 6.45) is 4.71. The van der Waals surface area contributed by atoms with Gasteiger partial charge in [0.1, 0.15) is 0 Å². The van der Waals surface area contributed by atoms with Crippen molar-refractivity contribution >= 4 is 0 Å². The van der Waals surface area contributed by atoms with Gasteiger partial charge in [0, 0.05) is 37.5 Å². The maximum atomic E-state index is 9.19. The van der Waals surface area contributed by atoms with Crippen molar-refractivity contribution in [1.29, 1.82) is 0 Å². The van der Waals surface area contributed by atoms with Crippen LogP contribution in [0.4, 0.5) is 0 Å². The van der Waals surface area contributed by atoms with Crippen molar-refractivity contribution in [2.24, 2.45) is 5.41 Å². The minimum Gasteiger partial charge on any atom is -0.396 e. The summed E-state index contributed by atoms with van der Waals surface area (Å²) in [7, 11) is 2.09. The number of hydrogen-bond donors (Lipinski definition) is 1. The topological polar surface area (TPSA) is 36.4 Å². The van der Waals surface area contributed by atoms with Gasteiger partial charge in [0.15, 0.2) is 0 Å². The Bertz CT molecular complexity index is 298. The number of hydrogen-bond acceptors (Lipinski definition) is 3. The fourth-order valence-corrected chi connectivity index (χ4v) is 1.73. The molecular formula is C13H22N2O. The van der Waals surface area contributed by atoms with E-state index in [1.54, 1.807) is 6.20 Å². The van der Waals surface area contributed by atoms with Gasteiger partial charge >= 0.3 is 0 Å². The summed E-state index contributed by atoms with van der Waals surface area (Å²) >= 11 is 0. The molecule has 0 radical (unpaired) electrons. The minimum absolute atomic E-state index is 0.0241. The molecule has 1 heterocycles. The third-order valence-electron chi connectivity index (χ3n) is 2.63. The number of likely N-dealkylation sites (N-methyl/N-ethyl adjacent to an activating group) is 1. The van der Waals surface area contributed by atoms with Gasteiger partial charge < -0.3 is 10.0 Å². The molecule has 0 aliphatic carbocycles. The lowest BCUT2D eigenvalue weighted by molar-refractivity contribution is 0.116. The van der Waals surface area contributed by atoms with Gasteiger partial charge in [-0.3, -0.25) is 4.98 Å². The fourth-order valence-electron chi connectivity index (χ4n) is 1.73. The monoisotopic (exact) mass is 222 g/mol. The third kappa shape index (κ3) is 4.73. The molecule has 0 amide bonds. The number of rotatable bonds is 6. The first kappa shape index (κ1) is 13.1. The van der Waals surface area contributed by atoms with Crippen LogP contribution in [0.1, 0.15) is 19.4 Å². The van der Waals surface area contributed by atoms with Crippen molar-refractivity contribution in [2.45, 2.75) is 20.3 Å². The van der Waals surface area contributed by atoms with E-state index in [2.05, 4.69) is 36.8 Å². The molecule has 0 saturated carbocycles. The third-order valence-corrected chi connectivity index (χ3v) is 2.63. The second-order valence-electron chi connectivity index (χ2n) is 5.17. The Labute approximate surface area is 98.1 Å². The van der Waals surface area contributed by atoms with E-state index >= 15 is 0 Å². The molecule has 0 bridgehead atoms. The van der Waals surface area contributed by atoms with Crippen molar-refractivity contribution in [2.75, 3.05) is 26.7 Å². The standard InChI is InChI=1S/C13H22N2O/c1-13(2,11-16)10-15(3)8-6-12-5-4-7-14-9-12/h4-5,7,9,16H,6,8,10-11H2,1-3H3. The Morgan fingerprint density at radius 1 is 1.44 bits per heavy atom. The van der Waals surface area contributed by atoms with Gasteiger partial charge in [-0.1, -0.05) is 19.9 Å². The number of aliphatic hydroxyl groups is 1. The predicted octanol–water partition coefficient (Wildman–Crippen LogP) is 1.57. The van der Waals surface area contributed by atoms with Crippen molar-refractivity contribution in [3.8, 4) is 0 Å². The van der Waals surface area contributed by atoms with Gasteiger partial charge in [-0.15, -0.1) is 0 Å². The smallest absolute Gasteiger partial charge is 0.0494 e. The van der Waals surface area contributed by atoms with Gasteiger partial charge in [-0.05, 0) is 25.1 Å². The van der Waals surface area contributed by atoms with Crippen LogP contribution < -0.4 is 0 Å². The molecule has 0 spiro atoms. The molecule has 0 aliphatic rings. The van der Waals surface area contributed by atoms with Crippen LogP contribution >= 0.6 is 0 Å². The van der Waals surface area contributed by atoms with Crippen LogP contribution in [0, 0.1) is 5.41 Å². The van der Waals surface area contributed by atoms with Gasteiger partial charge in [0.2, 0.25) is 0 Å². The average molecular weight is 222 g/mol. The second-order valence-corrected chi connectivity index (χ2v) is 5.17. The van der Waals surface area contributed by atoms with Gasteiger partial charge in [-0.2, -0.15) is 0 Å². The van der Waals surface area contributed by atoms with E-state index in [9.17, 15) is 5.11 Å². The molecule has 1 aromatic heterocycles. The molecule has 90 valence electrons. The van der Waals surface area contributed by atoms with Crippen molar-refractivity contribution in [3.63, 3.8) is 0 Å². The number of aromatic nitrogens is 1. The average Bonchev–Trinajstić information content (AvgIpc) is 2.27. The molecule has 3 heteroatoms. The first-order chi connectivity index (χ1) is 7.53. The van der Waals surface area contributed by atoms with Crippen LogP contribution in [-0.2, 0) is 6.42 Å². The van der Waals surface area contributed by atoms with E-state index in [4.69, 9.17) is 0 Å². The number of pyridine rings is 1. The summed E-state index contributed by atoms with van der Waals surface area (Å²) in [5.41, 5.74) is 1.24. The lowest BCUT2D eigenvalue weighted by Crippen LogP contribution is -2.35. The number of nitrogens with zero attached hydrogens (tertiary/aromatic N) is 2. The molecule has 0 aliphatic heterocycles. The van der Waals surface area contributed by atoms with Crippen molar-refractivity contribution in [1.82, 2.24) is 9.88 Å². The van der Waals surface area contributed by atoms with Crippen LogP contribution in [0.2, 0.25) is 0 Å². The zero-order valence-electron chi connectivity index (χ0n) is 10.5. The Balaban J connectivity index is 2.33. The highest BCUT2D eigenvalue weighted by molar-refractivity contribution is 5.08. The van der Waals surface area contributed by atoms with Crippen LogP contribution in [0.3, 0.4) is 0 Å². The second kappa shape index (κ2) is 5.97. The highest BCUT2D eigenvalue weighted by Crippen LogP contribution is 2.14. The van der Waals surface area contributed by atoms with Crippen molar-refractivity contribution in [3.05, 3.63) is 30.1 Å². The maximum Gasteiger partial charge on any atom is 0.0494 e. The van der Waals surface area contributed by atoms with E-state index in [0.717, 1.165) is 19.5 Å². The first-order valence-electron chi connectivity index (χ1n) is 5.72. The van der Waals surface area contributed by atoms with E-state index in [1.165, 1.54) is 5.56 Å². The summed E-state index contributed by atoms with van der Waals surface area (Å²) in [5.74, 6) is 0. The van der Waals surface area contributed by atoms with Gasteiger partial charge in [-0.25, -0.2) is 0 Å². The Morgan fingerprint density at radius 3 is 2.75 bits per heavy atom. The zero-order chi connectivity index (χ0) is 12.0. The minimum atomic E-state index is -0.0241. The lowest BCUT2D eigenvalue weighted by atomic mass is 9.94. The van der Waals surface area contributed by atoms with Crippen molar-refractivity contribution < 1.29 is 5.11 Å². The molecule has 1 aromatic rings. The highest BCUT2D eigenvalue weighted by Gasteiger charge is 2.18. The largest absolute Gasteiger partial charge is 0.396 e. The molecule has 0 aromatic carbocycles. The fraction of sp³-hybridized carbons (Fsp3) is 0.615. The predicted molar refractivity (Wildman–Crippen MR) is 66.3 cm³/mol. The quantitative estimate of drug-likeness (QED) is 0.794. The maximum absolute atomic E-state index is 9.19. The normalized spacial score (nSPS) is 12.1. The molecule has 1 N–H and O–H groups in total. The van der Waals surface area contributed by atoms with Crippen LogP contribution in [-0.4, -0.2) is 41.7 Å². The summed E-state index contributed by atoms with van der Waals surface area (Å²) in [6.45, 7) is 6.28. The van der Waals surface area contributed by atoms with Crippen LogP contribution in [0.15, 0.2) is 24.5 Å². The number of aliphatic hydroxyl groups excluding tert-OH is 1.